The van der Waals surface area contributed by atoms with Gasteiger partial charge >= 0.3 is 23.9 Å². The molecular weight excluding hydrogens is 428 g/mol. The highest BCUT2D eigenvalue weighted by Crippen LogP contribution is 2.49. The van der Waals surface area contributed by atoms with Gasteiger partial charge in [-0.3, -0.25) is 14.4 Å². The van der Waals surface area contributed by atoms with Crippen molar-refractivity contribution in [2.45, 2.75) is 91.0 Å². The minimum absolute atomic E-state index is 0.0566. The van der Waals surface area contributed by atoms with Crippen molar-refractivity contribution in [3.05, 3.63) is 12.2 Å². The number of esters is 4. The van der Waals surface area contributed by atoms with Gasteiger partial charge in [-0.2, -0.15) is 0 Å². The lowest BCUT2D eigenvalue weighted by Gasteiger charge is -2.43. The predicted octanol–water partition coefficient (Wildman–Crippen LogP) is 3.51. The third-order valence-electron chi connectivity index (χ3n) is 7.37. The van der Waals surface area contributed by atoms with E-state index in [0.717, 1.165) is 25.7 Å². The van der Waals surface area contributed by atoms with Crippen LogP contribution in [0, 0.1) is 23.2 Å². The molecule has 2 saturated carbocycles. The summed E-state index contributed by atoms with van der Waals surface area (Å²) in [5.74, 6) is -4.03. The Bertz CT molecular complexity index is 817. The molecule has 0 radical (unpaired) electrons. The summed E-state index contributed by atoms with van der Waals surface area (Å²) in [5, 5.41) is 0. The zero-order valence-corrected chi connectivity index (χ0v) is 20.3. The second-order valence-electron chi connectivity index (χ2n) is 10.7. The van der Waals surface area contributed by atoms with Crippen LogP contribution in [0.25, 0.3) is 0 Å². The summed E-state index contributed by atoms with van der Waals surface area (Å²) in [6, 6.07) is 0. The number of hydrogen-bond acceptors (Lipinski definition) is 8. The molecule has 1 saturated heterocycles. The number of carbonyl (C=O) groups is 4. The third-order valence-corrected chi connectivity index (χ3v) is 7.37. The van der Waals surface area contributed by atoms with Crippen LogP contribution in [0.4, 0.5) is 0 Å². The highest BCUT2D eigenvalue weighted by atomic mass is 16.6. The molecule has 0 aromatic heterocycles. The molecule has 0 amide bonds. The van der Waals surface area contributed by atoms with Crippen LogP contribution in [0.3, 0.4) is 0 Å². The first-order valence-corrected chi connectivity index (χ1v) is 11.8. The zero-order chi connectivity index (χ0) is 24.6. The van der Waals surface area contributed by atoms with Gasteiger partial charge in [0.25, 0.3) is 0 Å². The highest BCUT2D eigenvalue weighted by Gasteiger charge is 2.60. The van der Waals surface area contributed by atoms with Crippen molar-refractivity contribution >= 4 is 23.9 Å². The standard InChI is InChI=1S/C25H36O8/c1-14(2)21(27)30-12-9-17(26)31-20-16-13-15(3)19(20)32-22(28)18(16)23(29)33-25(24(4,5)6)10-7-8-11-25/h15-16,18-20H,1,7-13H2,2-6H3. The Labute approximate surface area is 195 Å². The van der Waals surface area contributed by atoms with E-state index in [4.69, 9.17) is 18.9 Å². The Kier molecular flexibility index (Phi) is 7.24. The van der Waals surface area contributed by atoms with Crippen molar-refractivity contribution < 1.29 is 38.1 Å². The van der Waals surface area contributed by atoms with E-state index in [0.29, 0.717) is 6.42 Å². The van der Waals surface area contributed by atoms with Crippen LogP contribution in [0.1, 0.15) is 73.1 Å². The van der Waals surface area contributed by atoms with Crippen LogP contribution in [-0.4, -0.2) is 48.3 Å². The van der Waals surface area contributed by atoms with Gasteiger partial charge in [0.2, 0.25) is 0 Å². The molecule has 0 N–H and O–H groups in total. The number of ether oxygens (including phenoxy) is 4. The third kappa shape index (κ3) is 5.09. The van der Waals surface area contributed by atoms with Crippen molar-refractivity contribution in [2.24, 2.45) is 23.2 Å². The smallest absolute Gasteiger partial charge is 0.333 e. The van der Waals surface area contributed by atoms with Crippen LogP contribution in [0.15, 0.2) is 12.2 Å². The molecule has 1 heterocycles. The molecule has 184 valence electrons. The second-order valence-corrected chi connectivity index (χ2v) is 10.7. The van der Waals surface area contributed by atoms with E-state index in [2.05, 4.69) is 6.58 Å². The molecular formula is C25H36O8. The zero-order valence-electron chi connectivity index (χ0n) is 20.3. The molecule has 5 atom stereocenters. The largest absolute Gasteiger partial charge is 0.462 e. The van der Waals surface area contributed by atoms with Gasteiger partial charge in [-0.25, -0.2) is 4.79 Å². The number of rotatable bonds is 7. The lowest BCUT2D eigenvalue weighted by Crippen LogP contribution is -2.52. The minimum Gasteiger partial charge on any atom is -0.462 e. The number of fused-ring (bicyclic) bond motifs is 2. The highest BCUT2D eigenvalue weighted by molar-refractivity contribution is 5.96. The van der Waals surface area contributed by atoms with Gasteiger partial charge in [-0.1, -0.05) is 34.3 Å². The summed E-state index contributed by atoms with van der Waals surface area (Å²) in [4.78, 5) is 50.0. The topological polar surface area (TPSA) is 105 Å². The van der Waals surface area contributed by atoms with E-state index in [1.165, 1.54) is 6.92 Å². The van der Waals surface area contributed by atoms with Gasteiger partial charge in [0.1, 0.15) is 24.4 Å². The second kappa shape index (κ2) is 9.47. The van der Waals surface area contributed by atoms with E-state index in [1.54, 1.807) is 0 Å². The predicted molar refractivity (Wildman–Crippen MR) is 118 cm³/mol. The van der Waals surface area contributed by atoms with Crippen LogP contribution < -0.4 is 0 Å². The van der Waals surface area contributed by atoms with E-state index in [1.807, 2.05) is 27.7 Å². The SMILES string of the molecule is C=C(C)C(=O)OCCC(=O)OC1C2CC(C)C1OC(=O)C2C(=O)OC1(C(C)(C)C)CCCC1. The van der Waals surface area contributed by atoms with Crippen molar-refractivity contribution in [1.29, 1.82) is 0 Å². The summed E-state index contributed by atoms with van der Waals surface area (Å²) < 4.78 is 22.3. The van der Waals surface area contributed by atoms with Crippen molar-refractivity contribution in [3.8, 4) is 0 Å². The van der Waals surface area contributed by atoms with E-state index in [9.17, 15) is 19.2 Å². The average Bonchev–Trinajstić information content (AvgIpc) is 3.25. The van der Waals surface area contributed by atoms with E-state index < -0.39 is 53.5 Å². The molecule has 5 unspecified atom stereocenters. The quantitative estimate of drug-likeness (QED) is 0.244. The number of carbonyl (C=O) groups excluding carboxylic acids is 4. The summed E-state index contributed by atoms with van der Waals surface area (Å²) in [5.41, 5.74) is -0.646. The lowest BCUT2D eigenvalue weighted by atomic mass is 9.75. The maximum Gasteiger partial charge on any atom is 0.333 e. The Morgan fingerprint density at radius 3 is 2.39 bits per heavy atom. The Balaban J connectivity index is 1.69. The molecule has 3 aliphatic rings. The minimum atomic E-state index is -1.12. The molecule has 0 spiro atoms. The van der Waals surface area contributed by atoms with Crippen molar-refractivity contribution in [3.63, 3.8) is 0 Å². The monoisotopic (exact) mass is 464 g/mol. The molecule has 2 bridgehead atoms. The normalized spacial score (nSPS) is 30.3. The number of hydrogen-bond donors (Lipinski definition) is 0. The first-order valence-electron chi connectivity index (χ1n) is 11.8. The van der Waals surface area contributed by atoms with Gasteiger partial charge in [-0.15, -0.1) is 0 Å². The van der Waals surface area contributed by atoms with Crippen LogP contribution in [0.5, 0.6) is 0 Å². The molecule has 8 heteroatoms. The van der Waals surface area contributed by atoms with E-state index >= 15 is 0 Å². The fourth-order valence-electron chi connectivity index (χ4n) is 5.35. The Morgan fingerprint density at radius 1 is 1.18 bits per heavy atom. The summed E-state index contributed by atoms with van der Waals surface area (Å²) in [7, 11) is 0. The summed E-state index contributed by atoms with van der Waals surface area (Å²) in [6.45, 7) is 12.9. The molecule has 0 aromatic rings. The molecule has 8 nitrogen and oxygen atoms in total. The summed E-state index contributed by atoms with van der Waals surface area (Å²) in [6.07, 6.45) is 2.51. The van der Waals surface area contributed by atoms with Gasteiger partial charge in [-0.05, 0) is 44.9 Å². The molecule has 33 heavy (non-hydrogen) atoms. The van der Waals surface area contributed by atoms with Gasteiger partial charge < -0.3 is 18.9 Å². The molecule has 3 rings (SSSR count). The molecule has 1 aliphatic heterocycles. The van der Waals surface area contributed by atoms with Crippen LogP contribution >= 0.6 is 0 Å². The van der Waals surface area contributed by atoms with Crippen molar-refractivity contribution in [2.75, 3.05) is 6.61 Å². The summed E-state index contributed by atoms with van der Waals surface area (Å²) >= 11 is 0. The van der Waals surface area contributed by atoms with Crippen LogP contribution in [-0.2, 0) is 38.1 Å². The maximum atomic E-state index is 13.3. The maximum absolute atomic E-state index is 13.3. The van der Waals surface area contributed by atoms with E-state index in [-0.39, 0.29) is 29.9 Å². The Morgan fingerprint density at radius 2 is 1.82 bits per heavy atom. The first-order chi connectivity index (χ1) is 15.4. The van der Waals surface area contributed by atoms with Gasteiger partial charge in [0.15, 0.2) is 5.92 Å². The Hall–Kier alpha value is -2.38. The molecule has 3 fully saturated rings. The first kappa shape index (κ1) is 25.2. The van der Waals surface area contributed by atoms with Gasteiger partial charge in [0, 0.05) is 16.9 Å². The lowest BCUT2D eigenvalue weighted by molar-refractivity contribution is -0.202. The molecule has 0 aromatic carbocycles. The van der Waals surface area contributed by atoms with Crippen molar-refractivity contribution in [1.82, 2.24) is 0 Å². The van der Waals surface area contributed by atoms with Crippen LogP contribution in [0.2, 0.25) is 0 Å². The van der Waals surface area contributed by atoms with Gasteiger partial charge in [0.05, 0.1) is 6.42 Å². The molecule has 2 aliphatic carbocycles. The fraction of sp³-hybridized carbons (Fsp3) is 0.760. The fourth-order valence-corrected chi connectivity index (χ4v) is 5.35. The average molecular weight is 465 g/mol.